The highest BCUT2D eigenvalue weighted by Gasteiger charge is 2.50. The van der Waals surface area contributed by atoms with E-state index < -0.39 is 48.9 Å². The molecule has 0 bridgehead atoms. The predicted molar refractivity (Wildman–Crippen MR) is 121 cm³/mol. The third-order valence-corrected chi connectivity index (χ3v) is 5.46. The predicted octanol–water partition coefficient (Wildman–Crippen LogP) is 1.92. The fourth-order valence-corrected chi connectivity index (χ4v) is 3.66. The fourth-order valence-electron chi connectivity index (χ4n) is 3.66. The van der Waals surface area contributed by atoms with E-state index in [1.54, 1.807) is 48.5 Å². The molecule has 4 rings (SSSR count). The number of ether oxygens (including phenoxy) is 3. The monoisotopic (exact) mass is 482 g/mol. The lowest BCUT2D eigenvalue weighted by Gasteiger charge is -2.19. The minimum Gasteiger partial charge on any atom is -0.459 e. The van der Waals surface area contributed by atoms with Crippen molar-refractivity contribution in [2.45, 2.75) is 24.6 Å². The summed E-state index contributed by atoms with van der Waals surface area (Å²) in [4.78, 5) is 40.9. The fraction of sp³-hybridized carbons (Fsp3) is 0.250. The minimum atomic E-state index is -1.92. The van der Waals surface area contributed by atoms with Crippen LogP contribution in [-0.4, -0.2) is 58.8 Å². The second-order valence-electron chi connectivity index (χ2n) is 7.72. The maximum absolute atomic E-state index is 15.6. The molecule has 0 unspecified atom stereocenters. The summed E-state index contributed by atoms with van der Waals surface area (Å²) >= 11 is 0. The van der Waals surface area contributed by atoms with E-state index >= 15 is 4.39 Å². The van der Waals surface area contributed by atoms with Gasteiger partial charge in [0.25, 0.3) is 0 Å². The molecule has 0 saturated carbocycles. The Morgan fingerprint density at radius 1 is 1.00 bits per heavy atom. The average Bonchev–Trinajstić information content (AvgIpc) is 3.42. The number of hydrogen-bond acceptors (Lipinski definition) is 9. The molecule has 1 aliphatic heterocycles. The average molecular weight is 482 g/mol. The van der Waals surface area contributed by atoms with Gasteiger partial charge in [-0.1, -0.05) is 36.4 Å². The Kier molecular flexibility index (Phi) is 7.18. The molecule has 4 atom stereocenters. The number of imidazole rings is 1. The normalized spacial score (nSPS) is 21.4. The van der Waals surface area contributed by atoms with E-state index in [4.69, 9.17) is 25.7 Å². The van der Waals surface area contributed by atoms with Gasteiger partial charge in [-0.2, -0.15) is 0 Å². The van der Waals surface area contributed by atoms with Crippen LogP contribution in [0.4, 0.5) is 10.2 Å². The second-order valence-corrected chi connectivity index (χ2v) is 7.72. The van der Waals surface area contributed by atoms with Gasteiger partial charge in [-0.05, 0) is 24.3 Å². The van der Waals surface area contributed by atoms with Crippen LogP contribution >= 0.6 is 0 Å². The number of anilines is 1. The van der Waals surface area contributed by atoms with Gasteiger partial charge in [0.05, 0.1) is 24.0 Å². The Balaban J connectivity index is 1.56. The lowest BCUT2D eigenvalue weighted by Crippen LogP contribution is -2.37. The number of hydrogen-bond donors (Lipinski definition) is 2. The zero-order valence-corrected chi connectivity index (χ0v) is 18.5. The number of nitrogen functional groups attached to an aromatic ring is 1. The molecule has 0 spiro atoms. The Labute approximate surface area is 199 Å². The number of halogens is 1. The summed E-state index contributed by atoms with van der Waals surface area (Å²) in [7, 11) is 0. The summed E-state index contributed by atoms with van der Waals surface area (Å²) in [6.07, 6.45) is -4.77. The van der Waals surface area contributed by atoms with Crippen molar-refractivity contribution in [2.75, 3.05) is 18.9 Å². The van der Waals surface area contributed by atoms with Gasteiger partial charge in [0.1, 0.15) is 24.2 Å². The van der Waals surface area contributed by atoms with Crippen molar-refractivity contribution >= 4 is 23.5 Å². The number of benzene rings is 2. The Hall–Kier alpha value is -4.09. The van der Waals surface area contributed by atoms with Gasteiger partial charge in [-0.3, -0.25) is 9.36 Å². The van der Waals surface area contributed by atoms with Crippen molar-refractivity contribution < 1.29 is 33.0 Å². The van der Waals surface area contributed by atoms with E-state index in [-0.39, 0.29) is 23.6 Å². The molecule has 11 heteroatoms. The first-order chi connectivity index (χ1) is 16.9. The smallest absolute Gasteiger partial charge is 0.338 e. The van der Waals surface area contributed by atoms with E-state index in [0.29, 0.717) is 5.56 Å². The summed E-state index contributed by atoms with van der Waals surface area (Å²) < 4.78 is 33.3. The molecule has 0 amide bonds. The summed E-state index contributed by atoms with van der Waals surface area (Å²) in [5, 5.41) is 0. The van der Waals surface area contributed by atoms with Crippen LogP contribution in [0.1, 0.15) is 37.4 Å². The molecule has 0 aliphatic carbocycles. The molecular weight excluding hydrogens is 459 g/mol. The van der Waals surface area contributed by atoms with Crippen molar-refractivity contribution in [1.82, 2.24) is 9.55 Å². The van der Waals surface area contributed by atoms with Crippen LogP contribution in [0, 0.1) is 0 Å². The first-order valence-electron chi connectivity index (χ1n) is 10.7. The highest BCUT2D eigenvalue weighted by molar-refractivity contribution is 5.99. The SMILES string of the molecule is NCC(=O)c1ncn([C@@H]2O[C@H](COC(=O)c3ccccc3)[C@@H](OC(=O)c3ccccc3)[C@@H]2F)c1N. The van der Waals surface area contributed by atoms with Crippen LogP contribution in [0.15, 0.2) is 67.0 Å². The third-order valence-electron chi connectivity index (χ3n) is 5.46. The highest BCUT2D eigenvalue weighted by atomic mass is 19.1. The Morgan fingerprint density at radius 3 is 2.20 bits per heavy atom. The Bertz CT molecular complexity index is 1200. The maximum Gasteiger partial charge on any atom is 0.338 e. The van der Waals surface area contributed by atoms with Gasteiger partial charge < -0.3 is 25.7 Å². The lowest BCUT2D eigenvalue weighted by atomic mass is 10.1. The number of carbonyl (C=O) groups excluding carboxylic acids is 3. The largest absolute Gasteiger partial charge is 0.459 e. The van der Waals surface area contributed by atoms with Gasteiger partial charge in [-0.15, -0.1) is 0 Å². The number of Topliss-reactive ketones (excluding diaryl/α,β-unsaturated/α-hetero) is 1. The molecule has 2 aromatic carbocycles. The van der Waals surface area contributed by atoms with Crippen LogP contribution in [0.25, 0.3) is 0 Å². The third kappa shape index (κ3) is 5.05. The number of nitrogens with zero attached hydrogens (tertiary/aromatic N) is 2. The molecule has 10 nitrogen and oxygen atoms in total. The number of carbonyl (C=O) groups is 3. The number of esters is 2. The maximum atomic E-state index is 15.6. The molecular formula is C24H23FN4O6. The number of aromatic nitrogens is 2. The summed E-state index contributed by atoms with van der Waals surface area (Å²) in [5.41, 5.74) is 11.7. The number of nitrogens with two attached hydrogens (primary N) is 2. The zero-order valence-electron chi connectivity index (χ0n) is 18.5. The lowest BCUT2D eigenvalue weighted by molar-refractivity contribution is -0.0574. The van der Waals surface area contributed by atoms with E-state index in [1.165, 1.54) is 12.1 Å². The zero-order chi connectivity index (χ0) is 24.9. The Morgan fingerprint density at radius 2 is 1.60 bits per heavy atom. The minimum absolute atomic E-state index is 0.125. The topological polar surface area (TPSA) is 149 Å². The highest BCUT2D eigenvalue weighted by Crippen LogP contribution is 2.36. The van der Waals surface area contributed by atoms with E-state index in [1.807, 2.05) is 0 Å². The number of rotatable bonds is 8. The molecule has 182 valence electrons. The van der Waals surface area contributed by atoms with E-state index in [9.17, 15) is 14.4 Å². The summed E-state index contributed by atoms with van der Waals surface area (Å²) in [6.45, 7) is -0.734. The van der Waals surface area contributed by atoms with Crippen molar-refractivity contribution in [3.63, 3.8) is 0 Å². The molecule has 1 fully saturated rings. The summed E-state index contributed by atoms with van der Waals surface area (Å²) in [6, 6.07) is 16.2. The van der Waals surface area contributed by atoms with Gasteiger partial charge in [0.15, 0.2) is 24.3 Å². The summed E-state index contributed by atoms with van der Waals surface area (Å²) in [5.74, 6) is -2.11. The standard InChI is InChI=1S/C24H23FN4O6/c25-18-20(35-24(32)15-9-5-2-6-10-15)17(12-33-23(31)14-7-3-1-4-8-14)34-22(18)29-13-28-19(21(29)27)16(30)11-26/h1-10,13,17-18,20,22H,11-12,26-27H2/t17-,18+,20-,22-/m1/s1. The van der Waals surface area contributed by atoms with E-state index in [0.717, 1.165) is 10.9 Å². The number of ketones is 1. The van der Waals surface area contributed by atoms with Crippen LogP contribution < -0.4 is 11.5 Å². The van der Waals surface area contributed by atoms with Crippen LogP contribution in [0.2, 0.25) is 0 Å². The molecule has 0 radical (unpaired) electrons. The van der Waals surface area contributed by atoms with Crippen molar-refractivity contribution in [2.24, 2.45) is 5.73 Å². The van der Waals surface area contributed by atoms with Crippen LogP contribution in [0.3, 0.4) is 0 Å². The van der Waals surface area contributed by atoms with Gasteiger partial charge in [-0.25, -0.2) is 19.0 Å². The van der Waals surface area contributed by atoms with Crippen molar-refractivity contribution in [3.05, 3.63) is 83.8 Å². The molecule has 35 heavy (non-hydrogen) atoms. The van der Waals surface area contributed by atoms with Gasteiger partial charge >= 0.3 is 11.9 Å². The van der Waals surface area contributed by atoms with Gasteiger partial charge in [0, 0.05) is 0 Å². The van der Waals surface area contributed by atoms with Crippen LogP contribution in [-0.2, 0) is 14.2 Å². The van der Waals surface area contributed by atoms with Crippen molar-refractivity contribution in [3.8, 4) is 0 Å². The second kappa shape index (κ2) is 10.5. The van der Waals surface area contributed by atoms with Crippen molar-refractivity contribution in [1.29, 1.82) is 0 Å². The van der Waals surface area contributed by atoms with Gasteiger partial charge in [0.2, 0.25) is 0 Å². The molecule has 1 aromatic heterocycles. The molecule has 2 heterocycles. The van der Waals surface area contributed by atoms with E-state index in [2.05, 4.69) is 4.98 Å². The van der Waals surface area contributed by atoms with Crippen LogP contribution in [0.5, 0.6) is 0 Å². The molecule has 3 aromatic rings. The quantitative estimate of drug-likeness (QED) is 0.363. The molecule has 4 N–H and O–H groups in total. The number of alkyl halides is 1. The molecule has 1 aliphatic rings. The first-order valence-corrected chi connectivity index (χ1v) is 10.7. The molecule has 1 saturated heterocycles. The first kappa shape index (κ1) is 24.0.